The third-order valence-corrected chi connectivity index (χ3v) is 5.96. The highest BCUT2D eigenvalue weighted by Gasteiger charge is 2.42. The summed E-state index contributed by atoms with van der Waals surface area (Å²) in [5.74, 6) is -2.64. The van der Waals surface area contributed by atoms with Gasteiger partial charge in [0, 0.05) is 9.79 Å². The molecule has 0 aliphatic rings. The molecular formula is C20H20F6S2. The summed E-state index contributed by atoms with van der Waals surface area (Å²) in [4.78, 5) is 1.68. The Morgan fingerprint density at radius 2 is 0.893 bits per heavy atom. The van der Waals surface area contributed by atoms with E-state index in [-0.39, 0.29) is 11.1 Å². The van der Waals surface area contributed by atoms with E-state index in [1.165, 1.54) is 47.8 Å². The molecule has 0 N–H and O–H groups in total. The first-order valence-electron chi connectivity index (χ1n) is 8.44. The first kappa shape index (κ1) is 23.0. The molecule has 0 amide bonds. The molecule has 0 aliphatic carbocycles. The van der Waals surface area contributed by atoms with Crippen LogP contribution in [0.1, 0.15) is 35.8 Å². The first-order valence-corrected chi connectivity index (χ1v) is 10.9. The zero-order valence-corrected chi connectivity index (χ0v) is 16.9. The van der Waals surface area contributed by atoms with E-state index in [1.54, 1.807) is 24.3 Å². The van der Waals surface area contributed by atoms with Gasteiger partial charge in [-0.3, -0.25) is 0 Å². The van der Waals surface area contributed by atoms with Crippen molar-refractivity contribution in [1.29, 1.82) is 0 Å². The number of alkyl halides is 6. The minimum Gasteiger partial charge on any atom is -0.171 e. The molecule has 28 heavy (non-hydrogen) atoms. The molecule has 0 fully saturated rings. The molecule has 0 nitrogen and oxygen atoms in total. The van der Waals surface area contributed by atoms with E-state index in [9.17, 15) is 26.3 Å². The number of thioether (sulfide) groups is 2. The lowest BCUT2D eigenvalue weighted by atomic mass is 9.77. The fourth-order valence-corrected chi connectivity index (χ4v) is 4.00. The van der Waals surface area contributed by atoms with Crippen molar-refractivity contribution in [1.82, 2.24) is 0 Å². The Morgan fingerprint density at radius 3 is 1.11 bits per heavy atom. The molecule has 0 radical (unpaired) electrons. The predicted molar refractivity (Wildman–Crippen MR) is 103 cm³/mol. The molecular weight excluding hydrogens is 418 g/mol. The van der Waals surface area contributed by atoms with Crippen LogP contribution < -0.4 is 0 Å². The molecule has 2 aromatic rings. The number of hydrogen-bond donors (Lipinski definition) is 0. The average Bonchev–Trinajstić information content (AvgIpc) is 2.63. The van der Waals surface area contributed by atoms with E-state index in [4.69, 9.17) is 0 Å². The first-order chi connectivity index (χ1) is 13.0. The van der Waals surface area contributed by atoms with Gasteiger partial charge in [-0.05, 0) is 59.7 Å². The molecule has 0 aliphatic heterocycles. The number of rotatable bonds is 7. The molecule has 2 rings (SSSR count). The van der Waals surface area contributed by atoms with E-state index in [0.29, 0.717) is 0 Å². The highest BCUT2D eigenvalue weighted by Crippen LogP contribution is 2.46. The monoisotopic (exact) mass is 438 g/mol. The van der Waals surface area contributed by atoms with Gasteiger partial charge in [-0.1, -0.05) is 24.3 Å². The maximum Gasteiger partial charge on any atom is 0.389 e. The number of benzene rings is 2. The molecule has 0 saturated carbocycles. The third-order valence-electron chi connectivity index (χ3n) is 4.48. The van der Waals surface area contributed by atoms with Gasteiger partial charge < -0.3 is 0 Å². The molecule has 0 heterocycles. The fraction of sp³-hybridized carbons (Fsp3) is 0.400. The van der Waals surface area contributed by atoms with Gasteiger partial charge in [0.15, 0.2) is 0 Å². The van der Waals surface area contributed by atoms with Crippen molar-refractivity contribution in [3.05, 3.63) is 59.7 Å². The Hall–Kier alpha value is -1.28. The van der Waals surface area contributed by atoms with E-state index < -0.39 is 37.0 Å². The minimum absolute atomic E-state index is 0.262. The SMILES string of the molecule is CSc1ccc(C(CC(F)(F)F)C(CC(F)(F)F)c2ccc(SC)cc2)cc1. The van der Waals surface area contributed by atoms with Crippen LogP contribution in [0.25, 0.3) is 0 Å². The summed E-state index contributed by atoms with van der Waals surface area (Å²) in [7, 11) is 0. The summed E-state index contributed by atoms with van der Waals surface area (Å²) in [6, 6.07) is 12.6. The molecule has 0 aromatic heterocycles. The van der Waals surface area contributed by atoms with Crippen molar-refractivity contribution in [3.8, 4) is 0 Å². The molecule has 0 spiro atoms. The van der Waals surface area contributed by atoms with Gasteiger partial charge in [-0.15, -0.1) is 23.5 Å². The Balaban J connectivity index is 2.51. The number of halogens is 6. The van der Waals surface area contributed by atoms with Gasteiger partial charge in [0.1, 0.15) is 0 Å². The lowest BCUT2D eigenvalue weighted by Crippen LogP contribution is -2.24. The summed E-state index contributed by atoms with van der Waals surface area (Å²) in [6.07, 6.45) is -8.13. The third kappa shape index (κ3) is 6.95. The largest absolute Gasteiger partial charge is 0.389 e. The summed E-state index contributed by atoms with van der Waals surface area (Å²) in [5.41, 5.74) is 0.525. The summed E-state index contributed by atoms with van der Waals surface area (Å²) < 4.78 is 79.7. The van der Waals surface area contributed by atoms with Gasteiger partial charge in [0.2, 0.25) is 0 Å². The van der Waals surface area contributed by atoms with Crippen LogP contribution in [0.2, 0.25) is 0 Å². The lowest BCUT2D eigenvalue weighted by Gasteiger charge is -2.30. The molecule has 2 atom stereocenters. The molecule has 2 unspecified atom stereocenters. The van der Waals surface area contributed by atoms with Crippen LogP contribution in [0.15, 0.2) is 58.3 Å². The highest BCUT2D eigenvalue weighted by molar-refractivity contribution is 7.98. The van der Waals surface area contributed by atoms with Crippen molar-refractivity contribution in [2.75, 3.05) is 12.5 Å². The van der Waals surface area contributed by atoms with Crippen molar-refractivity contribution in [2.45, 2.75) is 46.8 Å². The smallest absolute Gasteiger partial charge is 0.171 e. The van der Waals surface area contributed by atoms with Crippen LogP contribution in [0, 0.1) is 0 Å². The summed E-state index contributed by atoms with van der Waals surface area (Å²) in [5, 5.41) is 0. The molecule has 2 aromatic carbocycles. The number of hydrogen-bond acceptors (Lipinski definition) is 2. The van der Waals surface area contributed by atoms with Crippen molar-refractivity contribution in [3.63, 3.8) is 0 Å². The average molecular weight is 439 g/mol. The quantitative estimate of drug-likeness (QED) is 0.318. The Bertz CT molecular complexity index is 670. The molecule has 0 saturated heterocycles. The van der Waals surface area contributed by atoms with E-state index in [2.05, 4.69) is 0 Å². The summed E-state index contributed by atoms with van der Waals surface area (Å²) >= 11 is 2.83. The van der Waals surface area contributed by atoms with E-state index in [1.807, 2.05) is 12.5 Å². The van der Waals surface area contributed by atoms with Gasteiger partial charge in [0.05, 0.1) is 12.8 Å². The minimum atomic E-state index is -4.58. The second-order valence-corrected chi connectivity index (χ2v) is 8.16. The van der Waals surface area contributed by atoms with Gasteiger partial charge in [-0.25, -0.2) is 0 Å². The standard InChI is InChI=1S/C20H20F6S2/c1-27-15-7-3-13(4-8-15)17(11-19(21,22)23)18(12-20(24,25)26)14-5-9-16(28-2)10-6-14/h3-10,17-18H,11-12H2,1-2H3. The maximum absolute atomic E-state index is 13.3. The van der Waals surface area contributed by atoms with Gasteiger partial charge >= 0.3 is 12.4 Å². The van der Waals surface area contributed by atoms with Gasteiger partial charge in [0.25, 0.3) is 0 Å². The van der Waals surface area contributed by atoms with Crippen LogP contribution in [-0.2, 0) is 0 Å². The predicted octanol–water partition coefficient (Wildman–Crippen LogP) is 7.90. The topological polar surface area (TPSA) is 0 Å². The van der Waals surface area contributed by atoms with E-state index >= 15 is 0 Å². The molecule has 8 heteroatoms. The van der Waals surface area contributed by atoms with E-state index in [0.717, 1.165) is 9.79 Å². The Labute approximate surface area is 169 Å². The summed E-state index contributed by atoms with van der Waals surface area (Å²) in [6.45, 7) is 0. The van der Waals surface area contributed by atoms with Crippen LogP contribution in [0.5, 0.6) is 0 Å². The van der Waals surface area contributed by atoms with Crippen molar-refractivity contribution >= 4 is 23.5 Å². The van der Waals surface area contributed by atoms with Gasteiger partial charge in [-0.2, -0.15) is 26.3 Å². The molecule has 0 bridgehead atoms. The van der Waals surface area contributed by atoms with Crippen LogP contribution in [0.4, 0.5) is 26.3 Å². The second kappa shape index (κ2) is 9.48. The second-order valence-electron chi connectivity index (χ2n) is 6.40. The van der Waals surface area contributed by atoms with Crippen LogP contribution in [0.3, 0.4) is 0 Å². The zero-order valence-electron chi connectivity index (χ0n) is 15.3. The normalized spacial score (nSPS) is 14.7. The van der Waals surface area contributed by atoms with Crippen LogP contribution in [-0.4, -0.2) is 24.9 Å². The van der Waals surface area contributed by atoms with Crippen molar-refractivity contribution < 1.29 is 26.3 Å². The fourth-order valence-electron chi connectivity index (χ4n) is 3.19. The lowest BCUT2D eigenvalue weighted by molar-refractivity contribution is -0.154. The maximum atomic E-state index is 13.3. The van der Waals surface area contributed by atoms with Crippen molar-refractivity contribution in [2.24, 2.45) is 0 Å². The zero-order chi connectivity index (χ0) is 20.9. The van der Waals surface area contributed by atoms with Crippen LogP contribution >= 0.6 is 23.5 Å². The molecule has 154 valence electrons. The Morgan fingerprint density at radius 1 is 0.607 bits per heavy atom. The Kier molecular flexibility index (Phi) is 7.79. The highest BCUT2D eigenvalue weighted by atomic mass is 32.2.